The summed E-state index contributed by atoms with van der Waals surface area (Å²) in [5, 5.41) is 3.37. The minimum absolute atomic E-state index is 0.0173. The standard InChI is InChI=1S/C42H68N4O6/c1-37(2,3)29(21-28(47)22-30(38(4,5)6)36(52)46-18-17-44-24-39(46,7)8)35(51)45-25-42(40(9,10)41(42)15-12-16-41)23-31(45)32(48)20-27(33(49)34(43)50)19-26-13-11-14-26/h26-27,29-31,44H,11-25H2,1-10H3,(H2,43,50)/t27?,29-,30-,31+,42-/m1/s1. The van der Waals surface area contributed by atoms with E-state index in [-0.39, 0.29) is 64.4 Å². The van der Waals surface area contributed by atoms with E-state index in [9.17, 15) is 28.8 Å². The maximum Gasteiger partial charge on any atom is 0.285 e. The summed E-state index contributed by atoms with van der Waals surface area (Å²) in [7, 11) is 0. The van der Waals surface area contributed by atoms with E-state index in [1.54, 1.807) is 4.90 Å². The molecule has 52 heavy (non-hydrogen) atoms. The van der Waals surface area contributed by atoms with Gasteiger partial charge in [-0.25, -0.2) is 0 Å². The van der Waals surface area contributed by atoms with Gasteiger partial charge in [0.05, 0.1) is 6.04 Å². The molecule has 0 radical (unpaired) electrons. The predicted octanol–water partition coefficient (Wildman–Crippen LogP) is 5.49. The summed E-state index contributed by atoms with van der Waals surface area (Å²) in [6, 6.07) is -0.727. The zero-order valence-electron chi connectivity index (χ0n) is 33.9. The van der Waals surface area contributed by atoms with Gasteiger partial charge in [-0.1, -0.05) is 81.1 Å². The number of likely N-dealkylation sites (tertiary alicyclic amines) is 1. The van der Waals surface area contributed by atoms with E-state index in [1.165, 1.54) is 0 Å². The Kier molecular flexibility index (Phi) is 10.8. The fourth-order valence-corrected chi connectivity index (χ4v) is 11.0. The van der Waals surface area contributed by atoms with Gasteiger partial charge in [0.2, 0.25) is 17.6 Å². The van der Waals surface area contributed by atoms with Crippen molar-refractivity contribution in [2.45, 2.75) is 151 Å². The van der Waals surface area contributed by atoms with Crippen LogP contribution in [0.5, 0.6) is 0 Å². The Labute approximate surface area is 312 Å². The molecule has 2 heterocycles. The summed E-state index contributed by atoms with van der Waals surface area (Å²) in [5.41, 5.74) is 3.84. The van der Waals surface area contributed by atoms with Crippen LogP contribution in [-0.2, 0) is 28.8 Å². The number of hydrogen-bond acceptors (Lipinski definition) is 7. The minimum Gasteiger partial charge on any atom is -0.363 e. The average molecular weight is 725 g/mol. The van der Waals surface area contributed by atoms with Crippen molar-refractivity contribution < 1.29 is 28.8 Å². The molecule has 5 rings (SSSR count). The first-order chi connectivity index (χ1) is 23.9. The molecular formula is C42H68N4O6. The molecule has 10 nitrogen and oxygen atoms in total. The van der Waals surface area contributed by atoms with Gasteiger partial charge in [-0.15, -0.1) is 0 Å². The summed E-state index contributed by atoms with van der Waals surface area (Å²) in [6.07, 6.45) is 7.22. The van der Waals surface area contributed by atoms with Gasteiger partial charge in [0.15, 0.2) is 5.78 Å². The normalized spacial score (nSPS) is 28.1. The average Bonchev–Trinajstić information content (AvgIpc) is 3.20. The van der Waals surface area contributed by atoms with E-state index in [2.05, 4.69) is 19.2 Å². The lowest BCUT2D eigenvalue weighted by Crippen LogP contribution is -2.62. The molecule has 0 bridgehead atoms. The topological polar surface area (TPSA) is 147 Å². The largest absolute Gasteiger partial charge is 0.363 e. The van der Waals surface area contributed by atoms with Gasteiger partial charge >= 0.3 is 0 Å². The van der Waals surface area contributed by atoms with Gasteiger partial charge in [0, 0.05) is 74.1 Å². The van der Waals surface area contributed by atoms with Crippen molar-refractivity contribution in [1.82, 2.24) is 15.1 Å². The van der Waals surface area contributed by atoms with E-state index >= 15 is 0 Å². The van der Waals surface area contributed by atoms with Crippen molar-refractivity contribution in [1.29, 1.82) is 0 Å². The lowest BCUT2D eigenvalue weighted by molar-refractivity contribution is -0.149. The maximum atomic E-state index is 15.0. The molecule has 3 N–H and O–H groups in total. The van der Waals surface area contributed by atoms with E-state index in [0.29, 0.717) is 44.9 Å². The van der Waals surface area contributed by atoms with Gasteiger partial charge in [0.1, 0.15) is 5.78 Å². The molecule has 5 aliphatic rings. The highest BCUT2D eigenvalue weighted by Gasteiger charge is 2.85. The number of nitrogens with one attached hydrogen (secondary N) is 1. The van der Waals surface area contributed by atoms with Gasteiger partial charge < -0.3 is 20.9 Å². The van der Waals surface area contributed by atoms with Crippen LogP contribution in [0.25, 0.3) is 0 Å². The first-order valence-corrected chi connectivity index (χ1v) is 20.1. The second-order valence-electron chi connectivity index (χ2n) is 20.7. The summed E-state index contributed by atoms with van der Waals surface area (Å²) in [5.74, 6) is -3.96. The molecule has 2 saturated heterocycles. The van der Waals surface area contributed by atoms with Crippen molar-refractivity contribution >= 4 is 35.1 Å². The van der Waals surface area contributed by atoms with Crippen LogP contribution in [0.3, 0.4) is 0 Å². The third-order valence-electron chi connectivity index (χ3n) is 15.0. The summed E-state index contributed by atoms with van der Waals surface area (Å²) in [4.78, 5) is 86.5. The quantitative estimate of drug-likeness (QED) is 0.239. The third-order valence-corrected chi connectivity index (χ3v) is 15.0. The Morgan fingerprint density at radius 1 is 0.808 bits per heavy atom. The number of nitrogens with two attached hydrogens (primary N) is 1. The predicted molar refractivity (Wildman–Crippen MR) is 201 cm³/mol. The number of carbonyl (C=O) groups excluding carboxylic acids is 6. The third kappa shape index (κ3) is 7.03. The van der Waals surface area contributed by atoms with Crippen molar-refractivity contribution in [3.63, 3.8) is 0 Å². The highest BCUT2D eigenvalue weighted by atomic mass is 16.2. The van der Waals surface area contributed by atoms with Crippen molar-refractivity contribution in [3.8, 4) is 0 Å². The zero-order valence-corrected chi connectivity index (χ0v) is 33.9. The minimum atomic E-state index is -1.01. The molecule has 3 amide bonds. The van der Waals surface area contributed by atoms with Crippen LogP contribution < -0.4 is 11.1 Å². The van der Waals surface area contributed by atoms with Crippen LogP contribution in [0.1, 0.15) is 140 Å². The Morgan fingerprint density at radius 2 is 1.38 bits per heavy atom. The first-order valence-electron chi connectivity index (χ1n) is 20.1. The number of primary amides is 1. The maximum absolute atomic E-state index is 15.0. The molecule has 5 fully saturated rings. The molecule has 0 aromatic heterocycles. The second-order valence-corrected chi connectivity index (χ2v) is 20.7. The summed E-state index contributed by atoms with van der Waals surface area (Å²) in [6.45, 7) is 22.9. The Bertz CT molecular complexity index is 1460. The fourth-order valence-electron chi connectivity index (χ4n) is 11.0. The van der Waals surface area contributed by atoms with Crippen LogP contribution in [0.4, 0.5) is 0 Å². The molecule has 2 spiro atoms. The lowest BCUT2D eigenvalue weighted by atomic mass is 9.72. The molecule has 3 aliphatic carbocycles. The Hall–Kier alpha value is -2.62. The number of piperazine rings is 1. The highest BCUT2D eigenvalue weighted by molar-refractivity contribution is 6.36. The lowest BCUT2D eigenvalue weighted by Gasteiger charge is -2.46. The van der Waals surface area contributed by atoms with Crippen LogP contribution in [0.2, 0.25) is 0 Å². The van der Waals surface area contributed by atoms with Crippen LogP contribution in [0.15, 0.2) is 0 Å². The Morgan fingerprint density at radius 3 is 1.83 bits per heavy atom. The van der Waals surface area contributed by atoms with Gasteiger partial charge in [-0.3, -0.25) is 28.8 Å². The second kappa shape index (κ2) is 13.9. The SMILES string of the molecule is CC(C)(C)[C@H](CC(=O)C[C@H](C(=O)N1CCNCC1(C)C)C(C)(C)C)C(=O)N1C[C@]2(C[C@H]1C(=O)CC(CC1CCC1)C(=O)C(N)=O)C(C)(C)C21CCC1. The molecule has 292 valence electrons. The van der Waals surface area contributed by atoms with Crippen molar-refractivity contribution in [2.24, 2.45) is 56.5 Å². The molecule has 0 aromatic rings. The molecule has 1 unspecified atom stereocenters. The number of Topliss-reactive ketones (excluding diaryl/α,β-unsaturated/α-hetero) is 3. The number of rotatable bonds is 13. The molecular weight excluding hydrogens is 656 g/mol. The molecule has 2 aliphatic heterocycles. The fraction of sp³-hybridized carbons (Fsp3) is 0.857. The number of carbonyl (C=O) groups is 6. The van der Waals surface area contributed by atoms with Crippen molar-refractivity contribution in [3.05, 3.63) is 0 Å². The van der Waals surface area contributed by atoms with Crippen LogP contribution >= 0.6 is 0 Å². The number of amides is 3. The zero-order chi connectivity index (χ0) is 38.8. The number of nitrogens with zero attached hydrogens (tertiary/aromatic N) is 2. The monoisotopic (exact) mass is 725 g/mol. The summed E-state index contributed by atoms with van der Waals surface area (Å²) < 4.78 is 0. The van der Waals surface area contributed by atoms with Crippen LogP contribution in [0, 0.1) is 50.7 Å². The molecule has 0 aromatic carbocycles. The summed E-state index contributed by atoms with van der Waals surface area (Å²) >= 11 is 0. The molecule has 5 atom stereocenters. The van der Waals surface area contributed by atoms with E-state index < -0.39 is 46.3 Å². The van der Waals surface area contributed by atoms with Gasteiger partial charge in [0.25, 0.3) is 5.91 Å². The van der Waals surface area contributed by atoms with E-state index in [1.807, 2.05) is 60.3 Å². The Balaban J connectivity index is 1.40. The number of hydrogen-bond donors (Lipinski definition) is 2. The number of fused-ring (bicyclic) bond motifs is 1. The van der Waals surface area contributed by atoms with Crippen molar-refractivity contribution in [2.75, 3.05) is 26.2 Å². The number of ketones is 3. The highest BCUT2D eigenvalue weighted by Crippen LogP contribution is 2.88. The molecule has 3 saturated carbocycles. The van der Waals surface area contributed by atoms with E-state index in [4.69, 9.17) is 5.73 Å². The van der Waals surface area contributed by atoms with Gasteiger partial charge in [-0.05, 0) is 67.1 Å². The van der Waals surface area contributed by atoms with Gasteiger partial charge in [-0.2, -0.15) is 0 Å². The molecule has 10 heteroatoms. The van der Waals surface area contributed by atoms with Crippen LogP contribution in [-0.4, -0.2) is 82.6 Å². The van der Waals surface area contributed by atoms with E-state index in [0.717, 1.165) is 38.5 Å². The smallest absolute Gasteiger partial charge is 0.285 e. The first kappa shape index (κ1) is 40.6.